The van der Waals surface area contributed by atoms with Crippen molar-refractivity contribution in [2.45, 2.75) is 19.8 Å². The van der Waals surface area contributed by atoms with E-state index in [1.165, 1.54) is 0 Å². The van der Waals surface area contributed by atoms with Gasteiger partial charge < -0.3 is 19.5 Å². The molecule has 0 aliphatic carbocycles. The Morgan fingerprint density at radius 3 is 2.86 bits per heavy atom. The third kappa shape index (κ3) is 2.49. The molecule has 0 saturated carbocycles. The SMILES string of the molecule is COCC1C(=O)NCC12CCN(C(=O)c1cc(C)on1)CC2. The number of carbonyl (C=O) groups excluding carboxylic acids is 2. The maximum Gasteiger partial charge on any atom is 0.276 e. The molecule has 1 unspecified atom stereocenters. The molecule has 22 heavy (non-hydrogen) atoms. The lowest BCUT2D eigenvalue weighted by Crippen LogP contribution is -2.47. The molecule has 3 heterocycles. The molecule has 1 aromatic heterocycles. The van der Waals surface area contributed by atoms with Gasteiger partial charge in [0.1, 0.15) is 5.76 Å². The Balaban J connectivity index is 1.67. The van der Waals surface area contributed by atoms with E-state index >= 15 is 0 Å². The normalized spacial score (nSPS) is 23.8. The Labute approximate surface area is 129 Å². The minimum atomic E-state index is -0.121. The number of hydrogen-bond acceptors (Lipinski definition) is 5. The quantitative estimate of drug-likeness (QED) is 0.884. The summed E-state index contributed by atoms with van der Waals surface area (Å²) < 4.78 is 10.2. The number of aromatic nitrogens is 1. The summed E-state index contributed by atoms with van der Waals surface area (Å²) in [7, 11) is 1.62. The van der Waals surface area contributed by atoms with Crippen molar-refractivity contribution in [2.75, 3.05) is 33.4 Å². The van der Waals surface area contributed by atoms with Crippen LogP contribution in [0.25, 0.3) is 0 Å². The van der Waals surface area contributed by atoms with E-state index in [1.807, 2.05) is 0 Å². The summed E-state index contributed by atoms with van der Waals surface area (Å²) in [5.74, 6) is 0.465. The molecule has 120 valence electrons. The molecule has 0 radical (unpaired) electrons. The molecule has 2 aliphatic rings. The predicted molar refractivity (Wildman–Crippen MR) is 77.2 cm³/mol. The van der Waals surface area contributed by atoms with Crippen molar-refractivity contribution in [3.05, 3.63) is 17.5 Å². The molecule has 1 atom stereocenters. The lowest BCUT2D eigenvalue weighted by molar-refractivity contribution is -0.126. The fraction of sp³-hybridized carbons (Fsp3) is 0.667. The topological polar surface area (TPSA) is 84.7 Å². The number of nitrogens with one attached hydrogen (secondary N) is 1. The van der Waals surface area contributed by atoms with Gasteiger partial charge in [-0.1, -0.05) is 5.16 Å². The zero-order chi connectivity index (χ0) is 15.7. The van der Waals surface area contributed by atoms with Crippen molar-refractivity contribution >= 4 is 11.8 Å². The van der Waals surface area contributed by atoms with Crippen LogP contribution in [-0.2, 0) is 9.53 Å². The lowest BCUT2D eigenvalue weighted by Gasteiger charge is -2.41. The molecule has 2 saturated heterocycles. The van der Waals surface area contributed by atoms with E-state index < -0.39 is 0 Å². The number of carbonyl (C=O) groups is 2. The second-order valence-corrected chi connectivity index (χ2v) is 6.20. The first-order chi connectivity index (χ1) is 10.6. The number of hydrogen-bond donors (Lipinski definition) is 1. The molecular formula is C15H21N3O4. The summed E-state index contributed by atoms with van der Waals surface area (Å²) in [6, 6.07) is 1.65. The van der Waals surface area contributed by atoms with Crippen LogP contribution in [-0.4, -0.2) is 55.2 Å². The number of aryl methyl sites for hydroxylation is 1. The molecule has 1 aromatic rings. The molecule has 1 spiro atoms. The van der Waals surface area contributed by atoms with Crippen molar-refractivity contribution in [3.63, 3.8) is 0 Å². The largest absolute Gasteiger partial charge is 0.384 e. The third-order valence-corrected chi connectivity index (χ3v) is 4.90. The Morgan fingerprint density at radius 2 is 2.27 bits per heavy atom. The highest BCUT2D eigenvalue weighted by molar-refractivity contribution is 5.92. The molecule has 2 amide bonds. The van der Waals surface area contributed by atoms with Gasteiger partial charge in [0.15, 0.2) is 5.69 Å². The molecule has 1 N–H and O–H groups in total. The van der Waals surface area contributed by atoms with Crippen LogP contribution < -0.4 is 5.32 Å². The first kappa shape index (κ1) is 15.0. The number of rotatable bonds is 3. The number of ether oxygens (including phenoxy) is 1. The average Bonchev–Trinajstić information content (AvgIpc) is 3.07. The van der Waals surface area contributed by atoms with Crippen LogP contribution in [0.15, 0.2) is 10.6 Å². The monoisotopic (exact) mass is 307 g/mol. The zero-order valence-electron chi connectivity index (χ0n) is 12.9. The molecule has 7 nitrogen and oxygen atoms in total. The standard InChI is InChI=1S/C15H21N3O4/c1-10-7-12(17-22-10)14(20)18-5-3-15(4-6-18)9-16-13(19)11(15)8-21-2/h7,11H,3-6,8-9H2,1-2H3,(H,16,19). The average molecular weight is 307 g/mol. The Hall–Kier alpha value is -1.89. The Bertz CT molecular complexity index is 575. The highest BCUT2D eigenvalue weighted by Gasteiger charge is 2.50. The summed E-state index contributed by atoms with van der Waals surface area (Å²) in [4.78, 5) is 26.2. The van der Waals surface area contributed by atoms with Gasteiger partial charge >= 0.3 is 0 Å². The van der Waals surface area contributed by atoms with Gasteiger partial charge in [-0.2, -0.15) is 0 Å². The van der Waals surface area contributed by atoms with Crippen molar-refractivity contribution in [1.29, 1.82) is 0 Å². The molecule has 3 rings (SSSR count). The smallest absolute Gasteiger partial charge is 0.276 e. The van der Waals surface area contributed by atoms with Crippen LogP contribution in [0.1, 0.15) is 29.1 Å². The molecule has 0 bridgehead atoms. The highest BCUT2D eigenvalue weighted by atomic mass is 16.5. The maximum atomic E-state index is 12.4. The summed E-state index contributed by atoms with van der Waals surface area (Å²) in [5, 5.41) is 6.73. The van der Waals surface area contributed by atoms with Gasteiger partial charge in [-0.15, -0.1) is 0 Å². The number of nitrogens with zero attached hydrogens (tertiary/aromatic N) is 2. The first-order valence-corrected chi connectivity index (χ1v) is 7.55. The Kier molecular flexibility index (Phi) is 3.90. The van der Waals surface area contributed by atoms with Crippen LogP contribution >= 0.6 is 0 Å². The van der Waals surface area contributed by atoms with E-state index in [-0.39, 0.29) is 23.1 Å². The van der Waals surface area contributed by atoms with Gasteiger partial charge in [0.05, 0.1) is 12.5 Å². The summed E-state index contributed by atoms with van der Waals surface area (Å²) >= 11 is 0. The predicted octanol–water partition coefficient (Wildman–Crippen LogP) is 0.598. The van der Waals surface area contributed by atoms with E-state index in [1.54, 1.807) is 25.0 Å². The van der Waals surface area contributed by atoms with Crippen LogP contribution in [0.2, 0.25) is 0 Å². The molecular weight excluding hydrogens is 286 g/mol. The van der Waals surface area contributed by atoms with Crippen molar-refractivity contribution < 1.29 is 18.8 Å². The van der Waals surface area contributed by atoms with E-state index in [9.17, 15) is 9.59 Å². The van der Waals surface area contributed by atoms with E-state index in [0.717, 1.165) is 12.8 Å². The minimum Gasteiger partial charge on any atom is -0.384 e. The molecule has 7 heteroatoms. The minimum absolute atomic E-state index is 0.0637. The highest BCUT2D eigenvalue weighted by Crippen LogP contribution is 2.42. The van der Waals surface area contributed by atoms with E-state index in [0.29, 0.717) is 37.7 Å². The number of amides is 2. The zero-order valence-corrected chi connectivity index (χ0v) is 12.9. The number of likely N-dealkylation sites (tertiary alicyclic amines) is 1. The molecule has 2 fully saturated rings. The van der Waals surface area contributed by atoms with Crippen molar-refractivity contribution in [3.8, 4) is 0 Å². The van der Waals surface area contributed by atoms with E-state index in [4.69, 9.17) is 9.26 Å². The first-order valence-electron chi connectivity index (χ1n) is 7.55. The fourth-order valence-corrected chi connectivity index (χ4v) is 3.52. The maximum absolute atomic E-state index is 12.4. The van der Waals surface area contributed by atoms with Crippen LogP contribution in [0.4, 0.5) is 0 Å². The van der Waals surface area contributed by atoms with Crippen LogP contribution in [0, 0.1) is 18.3 Å². The van der Waals surface area contributed by atoms with Gasteiger partial charge in [0.25, 0.3) is 5.91 Å². The van der Waals surface area contributed by atoms with Crippen LogP contribution in [0.5, 0.6) is 0 Å². The van der Waals surface area contributed by atoms with Crippen molar-refractivity contribution in [1.82, 2.24) is 15.4 Å². The molecule has 0 aromatic carbocycles. The summed E-state index contributed by atoms with van der Waals surface area (Å²) in [5.41, 5.74) is 0.256. The second-order valence-electron chi connectivity index (χ2n) is 6.20. The van der Waals surface area contributed by atoms with Gasteiger partial charge in [0.2, 0.25) is 5.91 Å². The number of methoxy groups -OCH3 is 1. The van der Waals surface area contributed by atoms with E-state index in [2.05, 4.69) is 10.5 Å². The van der Waals surface area contributed by atoms with Crippen LogP contribution in [0.3, 0.4) is 0 Å². The molecule has 2 aliphatic heterocycles. The van der Waals surface area contributed by atoms with Crippen molar-refractivity contribution in [2.24, 2.45) is 11.3 Å². The van der Waals surface area contributed by atoms with Gasteiger partial charge in [0, 0.05) is 38.2 Å². The van der Waals surface area contributed by atoms with Gasteiger partial charge in [-0.25, -0.2) is 0 Å². The lowest BCUT2D eigenvalue weighted by atomic mass is 9.71. The van der Waals surface area contributed by atoms with Gasteiger partial charge in [-0.05, 0) is 19.8 Å². The summed E-state index contributed by atoms with van der Waals surface area (Å²) in [6.45, 7) is 4.12. The Morgan fingerprint density at radius 1 is 1.55 bits per heavy atom. The summed E-state index contributed by atoms with van der Waals surface area (Å²) in [6.07, 6.45) is 1.59. The third-order valence-electron chi connectivity index (χ3n) is 4.90. The fourth-order valence-electron chi connectivity index (χ4n) is 3.52. The van der Waals surface area contributed by atoms with Gasteiger partial charge in [-0.3, -0.25) is 9.59 Å². The number of piperidine rings is 1. The second kappa shape index (κ2) is 5.72.